The van der Waals surface area contributed by atoms with E-state index in [-0.39, 0.29) is 21.2 Å². The number of carbonyl (C=O) groups is 1. The van der Waals surface area contributed by atoms with Crippen molar-refractivity contribution in [2.75, 3.05) is 6.26 Å². The molecule has 0 saturated heterocycles. The van der Waals surface area contributed by atoms with Gasteiger partial charge in [0.15, 0.2) is 0 Å². The molecule has 1 amide bonds. The summed E-state index contributed by atoms with van der Waals surface area (Å²) in [6.45, 7) is 0. The average Bonchev–Trinajstić information content (AvgIpc) is 2.45. The second kappa shape index (κ2) is 7.20. The van der Waals surface area contributed by atoms with E-state index in [0.717, 1.165) is 30.5 Å². The summed E-state index contributed by atoms with van der Waals surface area (Å²) in [5.74, 6) is -0.994. The van der Waals surface area contributed by atoms with Crippen molar-refractivity contribution < 1.29 is 25.8 Å². The molecule has 2 aromatic carbocycles. The zero-order valence-electron chi connectivity index (χ0n) is 12.6. The lowest BCUT2D eigenvalue weighted by atomic mass is 10.2. The van der Waals surface area contributed by atoms with Gasteiger partial charge in [-0.1, -0.05) is 23.2 Å². The molecule has 0 aliphatic carbocycles. The van der Waals surface area contributed by atoms with Crippen molar-refractivity contribution in [3.8, 4) is 5.75 Å². The molecule has 0 heterocycles. The zero-order valence-corrected chi connectivity index (χ0v) is 15.7. The lowest BCUT2D eigenvalue weighted by molar-refractivity contribution is 0.0981. The third-order valence-corrected chi connectivity index (χ3v) is 5.17. The predicted molar refractivity (Wildman–Crippen MR) is 93.0 cm³/mol. The summed E-state index contributed by atoms with van der Waals surface area (Å²) < 4.78 is 53.0. The number of hydrogen-bond donors (Lipinski definition) is 1. The van der Waals surface area contributed by atoms with Gasteiger partial charge < -0.3 is 4.18 Å². The molecule has 11 heteroatoms. The second-order valence-corrected chi connectivity index (χ2v) is 8.92. The maximum atomic E-state index is 12.2. The Hall–Kier alpha value is -1.81. The fraction of sp³-hybridized carbons (Fsp3) is 0.0714. The molecule has 0 bridgehead atoms. The number of halogens is 2. The van der Waals surface area contributed by atoms with Crippen LogP contribution in [0.1, 0.15) is 10.4 Å². The Morgan fingerprint density at radius 1 is 1.00 bits per heavy atom. The van der Waals surface area contributed by atoms with Crippen molar-refractivity contribution in [1.29, 1.82) is 0 Å². The second-order valence-electron chi connectivity index (χ2n) is 4.82. The molecule has 134 valence electrons. The average molecular weight is 424 g/mol. The number of benzene rings is 2. The summed E-state index contributed by atoms with van der Waals surface area (Å²) in [6, 6.07) is 8.48. The quantitative estimate of drug-likeness (QED) is 0.739. The summed E-state index contributed by atoms with van der Waals surface area (Å²) in [5.41, 5.74) is -0.0633. The van der Waals surface area contributed by atoms with Crippen LogP contribution >= 0.6 is 23.2 Å². The largest absolute Gasteiger partial charge is 0.383 e. The van der Waals surface area contributed by atoms with Gasteiger partial charge in [0.05, 0.1) is 21.7 Å². The molecule has 0 atom stereocenters. The first-order valence-electron chi connectivity index (χ1n) is 6.50. The van der Waals surface area contributed by atoms with Crippen LogP contribution in [-0.4, -0.2) is 29.0 Å². The van der Waals surface area contributed by atoms with E-state index in [1.165, 1.54) is 18.2 Å². The molecule has 1 N–H and O–H groups in total. The van der Waals surface area contributed by atoms with Crippen LogP contribution in [0, 0.1) is 0 Å². The Balaban J connectivity index is 2.22. The smallest absolute Gasteiger partial charge is 0.306 e. The topological polar surface area (TPSA) is 107 Å². The van der Waals surface area contributed by atoms with E-state index in [2.05, 4.69) is 4.18 Å². The number of nitrogens with one attached hydrogen (secondary N) is 1. The standard InChI is InChI=1S/C14H11Cl2NO6S2/c1-24(19,20)23-10-3-5-11(6-4-10)25(21,22)17-14(18)12-7-2-9(15)8-13(12)16/h2-8H,1H3,(H,17,18). The normalized spacial score (nSPS) is 11.8. The molecule has 0 aliphatic heterocycles. The van der Waals surface area contributed by atoms with Crippen molar-refractivity contribution in [1.82, 2.24) is 4.72 Å². The van der Waals surface area contributed by atoms with Crippen LogP contribution in [0.4, 0.5) is 0 Å². The Labute approximate surface area is 154 Å². The lowest BCUT2D eigenvalue weighted by Crippen LogP contribution is -2.30. The minimum atomic E-state index is -4.19. The highest BCUT2D eigenvalue weighted by Crippen LogP contribution is 2.22. The lowest BCUT2D eigenvalue weighted by Gasteiger charge is -2.09. The maximum Gasteiger partial charge on any atom is 0.306 e. The summed E-state index contributed by atoms with van der Waals surface area (Å²) in [7, 11) is -7.92. The highest BCUT2D eigenvalue weighted by molar-refractivity contribution is 7.90. The van der Waals surface area contributed by atoms with E-state index in [9.17, 15) is 21.6 Å². The predicted octanol–water partition coefficient (Wildman–Crippen LogP) is 2.45. The Kier molecular flexibility index (Phi) is 5.62. The molecule has 0 spiro atoms. The minimum absolute atomic E-state index is 0.00268. The van der Waals surface area contributed by atoms with Crippen LogP contribution in [0.25, 0.3) is 0 Å². The van der Waals surface area contributed by atoms with Crippen LogP contribution in [0.5, 0.6) is 5.75 Å². The van der Waals surface area contributed by atoms with Gasteiger partial charge in [0.1, 0.15) is 5.75 Å². The Bertz CT molecular complexity index is 1020. The molecule has 0 aromatic heterocycles. The molecule has 0 fully saturated rings. The fourth-order valence-electron chi connectivity index (χ4n) is 1.76. The van der Waals surface area contributed by atoms with Crippen LogP contribution in [-0.2, 0) is 20.1 Å². The first-order valence-corrected chi connectivity index (χ1v) is 10.6. The van der Waals surface area contributed by atoms with E-state index in [4.69, 9.17) is 23.2 Å². The van der Waals surface area contributed by atoms with Crippen molar-refractivity contribution in [2.45, 2.75) is 4.90 Å². The van der Waals surface area contributed by atoms with E-state index in [0.29, 0.717) is 5.02 Å². The first kappa shape index (κ1) is 19.5. The van der Waals surface area contributed by atoms with Crippen molar-refractivity contribution in [2.24, 2.45) is 0 Å². The van der Waals surface area contributed by atoms with E-state index < -0.39 is 26.0 Å². The van der Waals surface area contributed by atoms with E-state index in [1.54, 1.807) is 0 Å². The highest BCUT2D eigenvalue weighted by atomic mass is 35.5. The monoisotopic (exact) mass is 423 g/mol. The van der Waals surface area contributed by atoms with Crippen LogP contribution in [0.2, 0.25) is 10.0 Å². The van der Waals surface area contributed by atoms with Gasteiger partial charge in [-0.25, -0.2) is 13.1 Å². The third-order valence-electron chi connectivity index (χ3n) is 2.78. The number of hydrogen-bond acceptors (Lipinski definition) is 6. The van der Waals surface area contributed by atoms with Crippen LogP contribution in [0.3, 0.4) is 0 Å². The minimum Gasteiger partial charge on any atom is -0.383 e. The molecule has 7 nitrogen and oxygen atoms in total. The van der Waals surface area contributed by atoms with Crippen molar-refractivity contribution in [3.05, 3.63) is 58.1 Å². The maximum absolute atomic E-state index is 12.2. The van der Waals surface area contributed by atoms with Crippen LogP contribution in [0.15, 0.2) is 47.4 Å². The molecule has 0 aliphatic rings. The number of sulfonamides is 1. The third kappa shape index (κ3) is 5.33. The summed E-state index contributed by atoms with van der Waals surface area (Å²) in [5, 5.41) is 0.294. The molecule has 0 unspecified atom stereocenters. The molecular formula is C14H11Cl2NO6S2. The first-order chi connectivity index (χ1) is 11.5. The number of amides is 1. The number of carbonyl (C=O) groups excluding carboxylic acids is 1. The van der Waals surface area contributed by atoms with E-state index >= 15 is 0 Å². The van der Waals surface area contributed by atoms with Gasteiger partial charge in [0, 0.05) is 5.02 Å². The summed E-state index contributed by atoms with van der Waals surface area (Å²) >= 11 is 11.6. The summed E-state index contributed by atoms with van der Waals surface area (Å²) in [4.78, 5) is 11.8. The fourth-order valence-corrected chi connectivity index (χ4v) is 3.68. The Morgan fingerprint density at radius 2 is 1.60 bits per heavy atom. The van der Waals surface area contributed by atoms with Gasteiger partial charge in [0.2, 0.25) is 0 Å². The molecular weight excluding hydrogens is 413 g/mol. The van der Waals surface area contributed by atoms with Gasteiger partial charge in [-0.3, -0.25) is 4.79 Å². The van der Waals surface area contributed by atoms with Crippen molar-refractivity contribution >= 4 is 49.3 Å². The number of rotatable bonds is 5. The Morgan fingerprint density at radius 3 is 2.12 bits per heavy atom. The van der Waals surface area contributed by atoms with Gasteiger partial charge in [0.25, 0.3) is 15.9 Å². The molecule has 2 aromatic rings. The SMILES string of the molecule is CS(=O)(=O)Oc1ccc(S(=O)(=O)NC(=O)c2ccc(Cl)cc2Cl)cc1. The molecule has 2 rings (SSSR count). The van der Waals surface area contributed by atoms with Gasteiger partial charge >= 0.3 is 10.1 Å². The summed E-state index contributed by atoms with van der Waals surface area (Å²) in [6.07, 6.45) is 0.855. The zero-order chi connectivity index (χ0) is 18.8. The highest BCUT2D eigenvalue weighted by Gasteiger charge is 2.20. The van der Waals surface area contributed by atoms with Gasteiger partial charge in [-0.15, -0.1) is 0 Å². The molecule has 0 saturated carbocycles. The van der Waals surface area contributed by atoms with Crippen LogP contribution < -0.4 is 8.91 Å². The van der Waals surface area contributed by atoms with Gasteiger partial charge in [-0.2, -0.15) is 8.42 Å². The van der Waals surface area contributed by atoms with Gasteiger partial charge in [-0.05, 0) is 42.5 Å². The van der Waals surface area contributed by atoms with Crippen molar-refractivity contribution in [3.63, 3.8) is 0 Å². The molecule has 25 heavy (non-hydrogen) atoms. The molecule has 0 radical (unpaired) electrons. The van der Waals surface area contributed by atoms with E-state index in [1.807, 2.05) is 4.72 Å².